The van der Waals surface area contributed by atoms with Gasteiger partial charge in [0, 0.05) is 45.1 Å². The minimum absolute atomic E-state index is 0.160. The molecule has 3 aliphatic rings. The largest absolute Gasteiger partial charge is 0.315 e. The molecule has 0 N–H and O–H groups in total. The Balaban J connectivity index is 1.52. The fourth-order valence-corrected chi connectivity index (χ4v) is 7.07. The monoisotopic (exact) mass is 395 g/mol. The molecule has 1 aromatic rings. The summed E-state index contributed by atoms with van der Waals surface area (Å²) in [5.74, 6) is 3.11. The Labute approximate surface area is 163 Å². The van der Waals surface area contributed by atoms with E-state index in [2.05, 4.69) is 28.6 Å². The molecule has 8 heteroatoms. The van der Waals surface area contributed by atoms with Crippen molar-refractivity contribution in [1.82, 2.24) is 23.4 Å². The van der Waals surface area contributed by atoms with Crippen LogP contribution >= 0.6 is 0 Å². The molecule has 27 heavy (non-hydrogen) atoms. The van der Waals surface area contributed by atoms with E-state index in [1.165, 1.54) is 12.8 Å². The van der Waals surface area contributed by atoms with Crippen molar-refractivity contribution in [3.05, 3.63) is 11.6 Å². The maximum absolute atomic E-state index is 13.3. The van der Waals surface area contributed by atoms with Crippen molar-refractivity contribution in [2.45, 2.75) is 71.3 Å². The standard InChI is InChI=1S/C19H33N5O2S/c1-15-11-16(2)13-23(12-15)27(25,26)22-9-6-7-17(14-22)19-21-20-18-8-4-3-5-10-24(18)19/h15-17H,3-14H2,1-2H3/t15-,16-,17-/m1/s1. The number of aryl methyl sites for hydroxylation is 1. The fraction of sp³-hybridized carbons (Fsp3) is 0.895. The van der Waals surface area contributed by atoms with Crippen LogP contribution in [0.1, 0.15) is 69.9 Å². The Morgan fingerprint density at radius 1 is 0.889 bits per heavy atom. The molecule has 2 saturated heterocycles. The van der Waals surface area contributed by atoms with E-state index < -0.39 is 10.2 Å². The van der Waals surface area contributed by atoms with Gasteiger partial charge in [0.2, 0.25) is 0 Å². The molecule has 0 spiro atoms. The van der Waals surface area contributed by atoms with Gasteiger partial charge in [-0.15, -0.1) is 10.2 Å². The lowest BCUT2D eigenvalue weighted by atomic mass is 9.94. The summed E-state index contributed by atoms with van der Waals surface area (Å²) in [6.07, 6.45) is 7.57. The lowest BCUT2D eigenvalue weighted by Gasteiger charge is -2.39. The van der Waals surface area contributed by atoms with Crippen molar-refractivity contribution in [2.75, 3.05) is 26.2 Å². The third-order valence-electron chi connectivity index (χ3n) is 6.38. The minimum atomic E-state index is -3.39. The summed E-state index contributed by atoms with van der Waals surface area (Å²) in [5.41, 5.74) is 0. The molecule has 0 amide bonds. The molecule has 152 valence electrons. The third kappa shape index (κ3) is 3.93. The van der Waals surface area contributed by atoms with Crippen molar-refractivity contribution in [1.29, 1.82) is 0 Å². The SMILES string of the molecule is C[C@@H]1C[C@@H](C)CN(S(=O)(=O)N2CCC[C@@H](c3nnc4n3CCCCC4)C2)C1. The molecule has 0 bridgehead atoms. The molecule has 3 atom stereocenters. The summed E-state index contributed by atoms with van der Waals surface area (Å²) in [6.45, 7) is 7.74. The van der Waals surface area contributed by atoms with E-state index in [0.717, 1.165) is 50.3 Å². The van der Waals surface area contributed by atoms with E-state index in [1.54, 1.807) is 8.61 Å². The molecule has 0 saturated carbocycles. The van der Waals surface area contributed by atoms with Crippen molar-refractivity contribution in [2.24, 2.45) is 11.8 Å². The Morgan fingerprint density at radius 3 is 2.44 bits per heavy atom. The molecular weight excluding hydrogens is 362 g/mol. The first-order chi connectivity index (χ1) is 12.9. The number of aromatic nitrogens is 3. The molecule has 4 heterocycles. The van der Waals surface area contributed by atoms with Gasteiger partial charge in [0.05, 0.1) is 0 Å². The second kappa shape index (κ2) is 7.79. The van der Waals surface area contributed by atoms with Crippen LogP contribution < -0.4 is 0 Å². The van der Waals surface area contributed by atoms with E-state index in [0.29, 0.717) is 38.0 Å². The van der Waals surface area contributed by atoms with Crippen LogP contribution in [0.15, 0.2) is 0 Å². The van der Waals surface area contributed by atoms with Gasteiger partial charge >= 0.3 is 0 Å². The fourth-order valence-electron chi connectivity index (χ4n) is 5.13. The van der Waals surface area contributed by atoms with Crippen LogP contribution in [0, 0.1) is 11.8 Å². The average molecular weight is 396 g/mol. The predicted octanol–water partition coefficient (Wildman–Crippen LogP) is 2.41. The number of piperidine rings is 2. The van der Waals surface area contributed by atoms with Crippen LogP contribution in [-0.2, 0) is 23.2 Å². The van der Waals surface area contributed by atoms with Gasteiger partial charge in [-0.25, -0.2) is 0 Å². The molecule has 2 fully saturated rings. The zero-order chi connectivity index (χ0) is 19.0. The minimum Gasteiger partial charge on any atom is -0.315 e. The predicted molar refractivity (Wildman–Crippen MR) is 105 cm³/mol. The van der Waals surface area contributed by atoms with Crippen molar-refractivity contribution in [3.63, 3.8) is 0 Å². The summed E-state index contributed by atoms with van der Waals surface area (Å²) in [4.78, 5) is 0. The lowest BCUT2D eigenvalue weighted by molar-refractivity contribution is 0.200. The van der Waals surface area contributed by atoms with E-state index in [4.69, 9.17) is 0 Å². The van der Waals surface area contributed by atoms with Gasteiger partial charge in [-0.2, -0.15) is 17.0 Å². The molecule has 0 aromatic carbocycles. The molecule has 0 radical (unpaired) electrons. The Kier molecular flexibility index (Phi) is 5.58. The Hall–Kier alpha value is -0.990. The van der Waals surface area contributed by atoms with Gasteiger partial charge < -0.3 is 4.57 Å². The smallest absolute Gasteiger partial charge is 0.282 e. The van der Waals surface area contributed by atoms with E-state index >= 15 is 0 Å². The lowest BCUT2D eigenvalue weighted by Crippen LogP contribution is -2.51. The van der Waals surface area contributed by atoms with Gasteiger partial charge in [0.25, 0.3) is 10.2 Å². The Morgan fingerprint density at radius 2 is 1.67 bits per heavy atom. The molecule has 4 rings (SSSR count). The first-order valence-corrected chi connectivity index (χ1v) is 12.0. The van der Waals surface area contributed by atoms with Gasteiger partial charge in [0.1, 0.15) is 11.6 Å². The molecule has 3 aliphatic heterocycles. The van der Waals surface area contributed by atoms with Crippen LogP contribution in [0.4, 0.5) is 0 Å². The second-order valence-corrected chi connectivity index (χ2v) is 10.8. The van der Waals surface area contributed by atoms with Crippen molar-refractivity contribution < 1.29 is 8.42 Å². The summed E-state index contributed by atoms with van der Waals surface area (Å²) in [5, 5.41) is 8.92. The van der Waals surface area contributed by atoms with E-state index in [9.17, 15) is 8.42 Å². The zero-order valence-corrected chi connectivity index (χ0v) is 17.5. The highest BCUT2D eigenvalue weighted by Gasteiger charge is 2.38. The van der Waals surface area contributed by atoms with Crippen LogP contribution in [0.25, 0.3) is 0 Å². The van der Waals surface area contributed by atoms with Crippen molar-refractivity contribution in [3.8, 4) is 0 Å². The first kappa shape index (κ1) is 19.3. The number of fused-ring (bicyclic) bond motifs is 1. The normalized spacial score (nSPS) is 31.4. The third-order valence-corrected chi connectivity index (χ3v) is 8.31. The van der Waals surface area contributed by atoms with Gasteiger partial charge in [-0.1, -0.05) is 20.3 Å². The molecule has 0 unspecified atom stereocenters. The van der Waals surface area contributed by atoms with E-state index in [1.807, 2.05) is 0 Å². The molecule has 0 aliphatic carbocycles. The highest BCUT2D eigenvalue weighted by Crippen LogP contribution is 2.31. The number of nitrogens with zero attached hydrogens (tertiary/aromatic N) is 5. The summed E-state index contributed by atoms with van der Waals surface area (Å²) in [6, 6.07) is 0. The van der Waals surface area contributed by atoms with Gasteiger partial charge in [0.15, 0.2) is 0 Å². The molecule has 7 nitrogen and oxygen atoms in total. The first-order valence-electron chi connectivity index (χ1n) is 10.6. The molecule has 1 aromatic heterocycles. The topological polar surface area (TPSA) is 71.3 Å². The van der Waals surface area contributed by atoms with E-state index in [-0.39, 0.29) is 5.92 Å². The van der Waals surface area contributed by atoms with Gasteiger partial charge in [-0.05, 0) is 43.9 Å². The van der Waals surface area contributed by atoms with Crippen LogP contribution in [-0.4, -0.2) is 58.0 Å². The van der Waals surface area contributed by atoms with Crippen LogP contribution in [0.5, 0.6) is 0 Å². The average Bonchev–Trinajstić information content (AvgIpc) is 2.89. The van der Waals surface area contributed by atoms with Crippen LogP contribution in [0.2, 0.25) is 0 Å². The highest BCUT2D eigenvalue weighted by atomic mass is 32.2. The summed E-state index contributed by atoms with van der Waals surface area (Å²) >= 11 is 0. The summed E-state index contributed by atoms with van der Waals surface area (Å²) < 4.78 is 32.3. The maximum atomic E-state index is 13.3. The van der Waals surface area contributed by atoms with Crippen LogP contribution in [0.3, 0.4) is 0 Å². The maximum Gasteiger partial charge on any atom is 0.282 e. The zero-order valence-electron chi connectivity index (χ0n) is 16.7. The molecular formula is C19H33N5O2S. The number of rotatable bonds is 3. The highest BCUT2D eigenvalue weighted by molar-refractivity contribution is 7.86. The Bertz CT molecular complexity index is 752. The second-order valence-electron chi connectivity index (χ2n) is 8.90. The van der Waals surface area contributed by atoms with Gasteiger partial charge in [-0.3, -0.25) is 0 Å². The summed E-state index contributed by atoms with van der Waals surface area (Å²) in [7, 11) is -3.39. The number of hydrogen-bond donors (Lipinski definition) is 0. The quantitative estimate of drug-likeness (QED) is 0.788. The van der Waals surface area contributed by atoms with Crippen molar-refractivity contribution >= 4 is 10.2 Å². The number of hydrogen-bond acceptors (Lipinski definition) is 4.